The molecule has 0 aromatic heterocycles. The van der Waals surface area contributed by atoms with Gasteiger partial charge in [-0.2, -0.15) is 4.31 Å². The van der Waals surface area contributed by atoms with Gasteiger partial charge >= 0.3 is 0 Å². The molecule has 118 valence electrons. The fraction of sp³-hybridized carbons (Fsp3) is 0.500. The lowest BCUT2D eigenvalue weighted by Crippen LogP contribution is -2.42. The van der Waals surface area contributed by atoms with Crippen molar-refractivity contribution in [2.75, 3.05) is 40.1 Å². The molecule has 0 spiro atoms. The van der Waals surface area contributed by atoms with Crippen molar-refractivity contribution in [1.82, 2.24) is 9.21 Å². The lowest BCUT2D eigenvalue weighted by Gasteiger charge is -2.23. The third-order valence-electron chi connectivity index (χ3n) is 3.01. The van der Waals surface area contributed by atoms with E-state index in [9.17, 15) is 13.2 Å². The van der Waals surface area contributed by atoms with Gasteiger partial charge in [-0.05, 0) is 5.56 Å². The summed E-state index contributed by atoms with van der Waals surface area (Å²) in [6, 6.07) is 9.54. The molecule has 0 N–H and O–H groups in total. The van der Waals surface area contributed by atoms with E-state index >= 15 is 0 Å². The topological polar surface area (TPSA) is 66.9 Å². The predicted octanol–water partition coefficient (Wildman–Crippen LogP) is 0.553. The van der Waals surface area contributed by atoms with Gasteiger partial charge in [-0.3, -0.25) is 4.79 Å². The van der Waals surface area contributed by atoms with Crippen molar-refractivity contribution in [2.24, 2.45) is 0 Å². The van der Waals surface area contributed by atoms with Gasteiger partial charge in [0.15, 0.2) is 0 Å². The number of carbonyl (C=O) groups is 1. The average Bonchev–Trinajstić information content (AvgIpc) is 2.43. The molecule has 0 unspecified atom stereocenters. The molecule has 0 bridgehead atoms. The van der Waals surface area contributed by atoms with Crippen molar-refractivity contribution in [3.63, 3.8) is 0 Å². The number of carbonyl (C=O) groups excluding carboxylic acids is 1. The molecule has 0 saturated heterocycles. The Morgan fingerprint density at radius 1 is 1.24 bits per heavy atom. The van der Waals surface area contributed by atoms with Gasteiger partial charge in [0.1, 0.15) is 0 Å². The summed E-state index contributed by atoms with van der Waals surface area (Å²) in [6.07, 6.45) is 1.09. The maximum Gasteiger partial charge on any atom is 0.237 e. The molecular weight excluding hydrogens is 292 g/mol. The molecule has 0 saturated carbocycles. The van der Waals surface area contributed by atoms with Gasteiger partial charge in [0.2, 0.25) is 15.9 Å². The summed E-state index contributed by atoms with van der Waals surface area (Å²) in [5.41, 5.74) is 0.996. The molecule has 1 amide bonds. The minimum absolute atomic E-state index is 0.167. The van der Waals surface area contributed by atoms with Gasteiger partial charge < -0.3 is 9.64 Å². The zero-order valence-corrected chi connectivity index (χ0v) is 13.5. The van der Waals surface area contributed by atoms with E-state index in [2.05, 4.69) is 0 Å². The first-order valence-electron chi connectivity index (χ1n) is 6.56. The molecule has 0 atom stereocenters. The third kappa shape index (κ3) is 6.24. The number of rotatable bonds is 8. The van der Waals surface area contributed by atoms with Gasteiger partial charge in [0.25, 0.3) is 0 Å². The van der Waals surface area contributed by atoms with E-state index in [0.29, 0.717) is 6.54 Å². The van der Waals surface area contributed by atoms with E-state index in [0.717, 1.165) is 16.1 Å². The molecule has 7 heteroatoms. The van der Waals surface area contributed by atoms with E-state index in [4.69, 9.17) is 4.74 Å². The van der Waals surface area contributed by atoms with Crippen molar-refractivity contribution in [3.05, 3.63) is 35.9 Å². The molecule has 0 fully saturated rings. The van der Waals surface area contributed by atoms with E-state index < -0.39 is 10.0 Å². The van der Waals surface area contributed by atoms with Crippen molar-refractivity contribution in [2.45, 2.75) is 6.54 Å². The monoisotopic (exact) mass is 314 g/mol. The number of hydrogen-bond donors (Lipinski definition) is 0. The smallest absolute Gasteiger partial charge is 0.237 e. The van der Waals surface area contributed by atoms with E-state index in [1.54, 1.807) is 7.05 Å². The minimum Gasteiger partial charge on any atom is -0.383 e. The van der Waals surface area contributed by atoms with Crippen LogP contribution >= 0.6 is 0 Å². The van der Waals surface area contributed by atoms with Gasteiger partial charge in [0, 0.05) is 27.2 Å². The Labute approximate surface area is 126 Å². The maximum atomic E-state index is 12.1. The first-order valence-corrected chi connectivity index (χ1v) is 8.41. The van der Waals surface area contributed by atoms with Crippen molar-refractivity contribution >= 4 is 15.9 Å². The number of ether oxygens (including phenoxy) is 1. The second-order valence-electron chi connectivity index (χ2n) is 4.82. The quantitative estimate of drug-likeness (QED) is 0.703. The minimum atomic E-state index is -3.43. The van der Waals surface area contributed by atoms with Crippen molar-refractivity contribution < 1.29 is 17.9 Å². The van der Waals surface area contributed by atoms with E-state index in [1.165, 1.54) is 12.0 Å². The summed E-state index contributed by atoms with van der Waals surface area (Å²) in [7, 11) is -0.284. The highest BCUT2D eigenvalue weighted by Gasteiger charge is 2.21. The average molecular weight is 314 g/mol. The number of benzene rings is 1. The van der Waals surface area contributed by atoms with Crippen LogP contribution in [-0.2, 0) is 26.1 Å². The van der Waals surface area contributed by atoms with Crippen LogP contribution in [0.5, 0.6) is 0 Å². The Morgan fingerprint density at radius 2 is 1.86 bits per heavy atom. The largest absolute Gasteiger partial charge is 0.383 e. The number of amides is 1. The zero-order chi connectivity index (χ0) is 15.9. The number of hydrogen-bond acceptors (Lipinski definition) is 4. The zero-order valence-electron chi connectivity index (χ0n) is 12.7. The molecule has 6 nitrogen and oxygen atoms in total. The maximum absolute atomic E-state index is 12.1. The van der Waals surface area contributed by atoms with Crippen LogP contribution in [0.25, 0.3) is 0 Å². The molecule has 0 aliphatic heterocycles. The second kappa shape index (κ2) is 8.11. The van der Waals surface area contributed by atoms with Gasteiger partial charge in [-0.1, -0.05) is 30.3 Å². The van der Waals surface area contributed by atoms with Crippen molar-refractivity contribution in [3.8, 4) is 0 Å². The number of nitrogens with zero attached hydrogens (tertiary/aromatic N) is 2. The summed E-state index contributed by atoms with van der Waals surface area (Å²) in [4.78, 5) is 13.7. The summed E-state index contributed by atoms with van der Waals surface area (Å²) in [5.74, 6) is -0.250. The number of sulfonamides is 1. The third-order valence-corrected chi connectivity index (χ3v) is 4.26. The van der Waals surface area contributed by atoms with Crippen LogP contribution in [0, 0.1) is 0 Å². The molecule has 1 aromatic carbocycles. The summed E-state index contributed by atoms with van der Waals surface area (Å²) in [5, 5.41) is 0. The van der Waals surface area contributed by atoms with E-state index in [-0.39, 0.29) is 25.6 Å². The summed E-state index contributed by atoms with van der Waals surface area (Å²) >= 11 is 0. The van der Waals surface area contributed by atoms with Crippen LogP contribution in [0.2, 0.25) is 0 Å². The molecule has 0 heterocycles. The molecule has 0 aliphatic carbocycles. The Morgan fingerprint density at radius 3 is 2.38 bits per heavy atom. The molecule has 0 aliphatic rings. The molecule has 1 rings (SSSR count). The van der Waals surface area contributed by atoms with Crippen LogP contribution in [-0.4, -0.2) is 63.6 Å². The highest BCUT2D eigenvalue weighted by molar-refractivity contribution is 7.88. The summed E-state index contributed by atoms with van der Waals surface area (Å²) < 4.78 is 29.3. The number of likely N-dealkylation sites (N-methyl/N-ethyl adjacent to an activating group) is 1. The predicted molar refractivity (Wildman–Crippen MR) is 81.2 cm³/mol. The van der Waals surface area contributed by atoms with Gasteiger partial charge in [-0.25, -0.2) is 8.42 Å². The SMILES string of the molecule is COCCN(CC(=O)N(C)Cc1ccccc1)S(C)(=O)=O. The lowest BCUT2D eigenvalue weighted by molar-refractivity contribution is -0.130. The Kier molecular flexibility index (Phi) is 6.80. The Balaban J connectivity index is 2.64. The van der Waals surface area contributed by atoms with Crippen LogP contribution in [0.1, 0.15) is 5.56 Å². The van der Waals surface area contributed by atoms with Gasteiger partial charge in [0.05, 0.1) is 19.4 Å². The van der Waals surface area contributed by atoms with Crippen LogP contribution in [0.4, 0.5) is 0 Å². The molecule has 1 aromatic rings. The number of methoxy groups -OCH3 is 1. The first-order chi connectivity index (χ1) is 9.84. The normalized spacial score (nSPS) is 11.6. The Hall–Kier alpha value is -1.44. The standard InChI is InChI=1S/C14H22N2O4S/c1-15(11-13-7-5-4-6-8-13)14(17)12-16(9-10-20-2)21(3,18)19/h4-8H,9-12H2,1-3H3. The highest BCUT2D eigenvalue weighted by atomic mass is 32.2. The Bertz CT molecular complexity index is 545. The van der Waals surface area contributed by atoms with Crippen LogP contribution in [0.15, 0.2) is 30.3 Å². The van der Waals surface area contributed by atoms with E-state index in [1.807, 2.05) is 30.3 Å². The molecular formula is C14H22N2O4S. The summed E-state index contributed by atoms with van der Waals surface area (Å²) in [6.45, 7) is 0.691. The highest BCUT2D eigenvalue weighted by Crippen LogP contribution is 2.05. The van der Waals surface area contributed by atoms with Gasteiger partial charge in [-0.15, -0.1) is 0 Å². The van der Waals surface area contributed by atoms with Crippen molar-refractivity contribution in [1.29, 1.82) is 0 Å². The lowest BCUT2D eigenvalue weighted by atomic mass is 10.2. The fourth-order valence-electron chi connectivity index (χ4n) is 1.77. The first kappa shape index (κ1) is 17.6. The molecule has 21 heavy (non-hydrogen) atoms. The van der Waals surface area contributed by atoms with Crippen LogP contribution in [0.3, 0.4) is 0 Å². The fourth-order valence-corrected chi connectivity index (χ4v) is 2.52. The second-order valence-corrected chi connectivity index (χ2v) is 6.81. The molecule has 0 radical (unpaired) electrons. The van der Waals surface area contributed by atoms with Crippen LogP contribution < -0.4 is 0 Å².